The summed E-state index contributed by atoms with van der Waals surface area (Å²) in [4.78, 5) is 22.3. The van der Waals surface area contributed by atoms with Crippen molar-refractivity contribution in [2.24, 2.45) is 0 Å². The van der Waals surface area contributed by atoms with E-state index in [1.54, 1.807) is 0 Å². The lowest BCUT2D eigenvalue weighted by Gasteiger charge is -2.07. The van der Waals surface area contributed by atoms with E-state index in [0.717, 1.165) is 0 Å². The molecule has 0 heterocycles. The van der Waals surface area contributed by atoms with Gasteiger partial charge < -0.3 is 14.9 Å². The van der Waals surface area contributed by atoms with Crippen molar-refractivity contribution in [3.63, 3.8) is 0 Å². The Bertz CT molecular complexity index is 730. The van der Waals surface area contributed by atoms with Gasteiger partial charge in [-0.15, -0.1) is 5.26 Å². The smallest absolute Gasteiger partial charge is 0.336 e. The number of nitrogens with zero attached hydrogens (tertiary/aromatic N) is 1. The van der Waals surface area contributed by atoms with Gasteiger partial charge in [-0.1, -0.05) is 12.1 Å². The van der Waals surface area contributed by atoms with Crippen LogP contribution in [0.2, 0.25) is 0 Å². The SMILES string of the molecule is N#COc1cc(C(=O)O)c2cccc(C(=O)O)c2c1. The topological polar surface area (TPSA) is 108 Å². The summed E-state index contributed by atoms with van der Waals surface area (Å²) in [7, 11) is 0. The Labute approximate surface area is 107 Å². The molecule has 2 aromatic rings. The first kappa shape index (κ1) is 12.4. The number of fused-ring (bicyclic) bond motifs is 1. The maximum atomic E-state index is 11.2. The highest BCUT2D eigenvalue weighted by Crippen LogP contribution is 2.28. The summed E-state index contributed by atoms with van der Waals surface area (Å²) in [6.45, 7) is 0. The van der Waals surface area contributed by atoms with Gasteiger partial charge >= 0.3 is 11.9 Å². The van der Waals surface area contributed by atoms with E-state index in [9.17, 15) is 9.59 Å². The van der Waals surface area contributed by atoms with Crippen molar-refractivity contribution < 1.29 is 24.5 Å². The number of nitriles is 1. The van der Waals surface area contributed by atoms with Crippen molar-refractivity contribution in [2.45, 2.75) is 0 Å². The second-order valence-electron chi connectivity index (χ2n) is 3.68. The van der Waals surface area contributed by atoms with Crippen LogP contribution < -0.4 is 4.74 Å². The first-order valence-corrected chi connectivity index (χ1v) is 5.14. The number of carbonyl (C=O) groups is 2. The van der Waals surface area contributed by atoms with Crippen molar-refractivity contribution in [3.8, 4) is 12.0 Å². The Balaban J connectivity index is 2.87. The quantitative estimate of drug-likeness (QED) is 0.815. The summed E-state index contributed by atoms with van der Waals surface area (Å²) < 4.78 is 4.59. The molecule has 0 fully saturated rings. The molecule has 6 heteroatoms. The minimum absolute atomic E-state index is 0.0129. The molecule has 0 aromatic heterocycles. The van der Waals surface area contributed by atoms with Gasteiger partial charge in [-0.25, -0.2) is 9.59 Å². The normalized spacial score (nSPS) is 9.84. The predicted molar refractivity (Wildman–Crippen MR) is 64.1 cm³/mol. The number of benzene rings is 2. The summed E-state index contributed by atoms with van der Waals surface area (Å²) in [5.74, 6) is -2.42. The zero-order valence-electron chi connectivity index (χ0n) is 9.45. The van der Waals surface area contributed by atoms with E-state index < -0.39 is 11.9 Å². The molecule has 0 atom stereocenters. The van der Waals surface area contributed by atoms with Gasteiger partial charge in [-0.2, -0.15) is 0 Å². The van der Waals surface area contributed by atoms with Gasteiger partial charge in [0.25, 0.3) is 6.26 Å². The lowest BCUT2D eigenvalue weighted by molar-refractivity contribution is 0.0686. The summed E-state index contributed by atoms with van der Waals surface area (Å²) in [6.07, 6.45) is 1.42. The first-order chi connectivity index (χ1) is 9.04. The summed E-state index contributed by atoms with van der Waals surface area (Å²) in [5, 5.41) is 27.1. The fraction of sp³-hybridized carbons (Fsp3) is 0. The summed E-state index contributed by atoms with van der Waals surface area (Å²) in [6, 6.07) is 6.82. The minimum Gasteiger partial charge on any atom is -0.478 e. The molecule has 2 N–H and O–H groups in total. The third-order valence-electron chi connectivity index (χ3n) is 2.59. The monoisotopic (exact) mass is 257 g/mol. The Hall–Kier alpha value is -3.07. The zero-order chi connectivity index (χ0) is 14.0. The molecule has 2 rings (SSSR count). The molecule has 0 bridgehead atoms. The van der Waals surface area contributed by atoms with Gasteiger partial charge in [0.1, 0.15) is 5.75 Å². The summed E-state index contributed by atoms with van der Waals surface area (Å²) in [5.41, 5.74) is -0.172. The number of carboxylic acids is 2. The maximum Gasteiger partial charge on any atom is 0.336 e. The Morgan fingerprint density at radius 3 is 2.32 bits per heavy atom. The van der Waals surface area contributed by atoms with Crippen molar-refractivity contribution in [3.05, 3.63) is 41.5 Å². The van der Waals surface area contributed by atoms with Crippen LogP contribution in [0.15, 0.2) is 30.3 Å². The van der Waals surface area contributed by atoms with E-state index in [1.165, 1.54) is 36.6 Å². The summed E-state index contributed by atoms with van der Waals surface area (Å²) >= 11 is 0. The van der Waals surface area contributed by atoms with Gasteiger partial charge in [0.05, 0.1) is 11.1 Å². The number of carboxylic acid groups (broad SMARTS) is 2. The standard InChI is InChI=1S/C13H7NO5/c14-6-19-7-4-10-8(11(5-7)13(17)18)2-1-3-9(10)12(15)16/h1-5H,(H,15,16)(H,17,18). The lowest BCUT2D eigenvalue weighted by Crippen LogP contribution is -2.02. The van der Waals surface area contributed by atoms with Crippen molar-refractivity contribution in [2.75, 3.05) is 0 Å². The molecule has 0 amide bonds. The van der Waals surface area contributed by atoms with Crippen LogP contribution in [0.1, 0.15) is 20.7 Å². The molecule has 0 unspecified atom stereocenters. The van der Waals surface area contributed by atoms with E-state index >= 15 is 0 Å². The average Bonchev–Trinajstić information content (AvgIpc) is 2.37. The van der Waals surface area contributed by atoms with Gasteiger partial charge in [0, 0.05) is 5.39 Å². The van der Waals surface area contributed by atoms with Gasteiger partial charge in [-0.05, 0) is 23.6 Å². The molecule has 0 aliphatic heterocycles. The van der Waals surface area contributed by atoms with Crippen molar-refractivity contribution in [1.29, 1.82) is 5.26 Å². The van der Waals surface area contributed by atoms with Crippen molar-refractivity contribution >= 4 is 22.7 Å². The highest BCUT2D eigenvalue weighted by Gasteiger charge is 2.16. The van der Waals surface area contributed by atoms with Crippen LogP contribution in [0.25, 0.3) is 10.8 Å². The second-order valence-corrected chi connectivity index (χ2v) is 3.68. The van der Waals surface area contributed by atoms with Crippen LogP contribution in [-0.4, -0.2) is 22.2 Å². The molecule has 19 heavy (non-hydrogen) atoms. The zero-order valence-corrected chi connectivity index (χ0v) is 9.45. The molecule has 2 aromatic carbocycles. The molecule has 0 saturated carbocycles. The maximum absolute atomic E-state index is 11.2. The van der Waals surface area contributed by atoms with Crippen LogP contribution in [-0.2, 0) is 0 Å². The number of aromatic carboxylic acids is 2. The van der Waals surface area contributed by atoms with Crippen LogP contribution in [0.3, 0.4) is 0 Å². The van der Waals surface area contributed by atoms with Crippen LogP contribution in [0, 0.1) is 11.5 Å². The van der Waals surface area contributed by atoms with Crippen LogP contribution >= 0.6 is 0 Å². The van der Waals surface area contributed by atoms with Crippen LogP contribution in [0.4, 0.5) is 0 Å². The van der Waals surface area contributed by atoms with E-state index in [-0.39, 0.29) is 27.6 Å². The van der Waals surface area contributed by atoms with Gasteiger partial charge in [-0.3, -0.25) is 0 Å². The highest BCUT2D eigenvalue weighted by atomic mass is 16.5. The Morgan fingerprint density at radius 1 is 1.05 bits per heavy atom. The third kappa shape index (κ3) is 2.17. The van der Waals surface area contributed by atoms with E-state index in [0.29, 0.717) is 0 Å². The van der Waals surface area contributed by atoms with Gasteiger partial charge in [0.15, 0.2) is 0 Å². The Morgan fingerprint density at radius 2 is 1.74 bits per heavy atom. The van der Waals surface area contributed by atoms with E-state index in [2.05, 4.69) is 4.74 Å². The molecule has 94 valence electrons. The van der Waals surface area contributed by atoms with E-state index in [1.807, 2.05) is 0 Å². The fourth-order valence-corrected chi connectivity index (χ4v) is 1.83. The minimum atomic E-state index is -1.23. The van der Waals surface area contributed by atoms with E-state index in [4.69, 9.17) is 15.5 Å². The number of ether oxygens (including phenoxy) is 1. The van der Waals surface area contributed by atoms with Crippen LogP contribution in [0.5, 0.6) is 5.75 Å². The average molecular weight is 257 g/mol. The first-order valence-electron chi connectivity index (χ1n) is 5.14. The largest absolute Gasteiger partial charge is 0.478 e. The number of hydrogen-bond donors (Lipinski definition) is 2. The second kappa shape index (κ2) is 4.66. The lowest BCUT2D eigenvalue weighted by atomic mass is 9.99. The molecule has 0 saturated heterocycles. The highest BCUT2D eigenvalue weighted by molar-refractivity contribution is 6.11. The predicted octanol–water partition coefficient (Wildman–Crippen LogP) is 2.10. The molecule has 6 nitrogen and oxygen atoms in total. The third-order valence-corrected chi connectivity index (χ3v) is 2.59. The molecule has 0 radical (unpaired) electrons. The molecular formula is C13H7NO5. The number of rotatable bonds is 3. The van der Waals surface area contributed by atoms with Crippen molar-refractivity contribution in [1.82, 2.24) is 0 Å². The van der Waals surface area contributed by atoms with Gasteiger partial charge in [0.2, 0.25) is 0 Å². The fourth-order valence-electron chi connectivity index (χ4n) is 1.83. The molecular weight excluding hydrogens is 250 g/mol. The molecule has 0 aliphatic rings. The Kier molecular flexibility index (Phi) is 3.04. The number of hydrogen-bond acceptors (Lipinski definition) is 4. The molecule has 0 aliphatic carbocycles. The molecule has 0 spiro atoms.